The maximum Gasteiger partial charge on any atom is 0.258 e. The lowest BCUT2D eigenvalue weighted by molar-refractivity contribution is -0.123. The van der Waals surface area contributed by atoms with Crippen LogP contribution >= 0.6 is 46.4 Å². The summed E-state index contributed by atoms with van der Waals surface area (Å²) in [5.74, 6) is 0.503. The molecule has 0 unspecified atom stereocenters. The number of hydrogen-bond acceptors (Lipinski definition) is 5. The number of amides is 1. The van der Waals surface area contributed by atoms with Crippen LogP contribution in [-0.2, 0) is 11.3 Å². The van der Waals surface area contributed by atoms with E-state index in [9.17, 15) is 4.79 Å². The highest BCUT2D eigenvalue weighted by Crippen LogP contribution is 2.33. The smallest absolute Gasteiger partial charge is 0.258 e. The summed E-state index contributed by atoms with van der Waals surface area (Å²) >= 11 is 23.6. The summed E-state index contributed by atoms with van der Waals surface area (Å²) in [6.45, 7) is -0.215. The van der Waals surface area contributed by atoms with Gasteiger partial charge in [-0.25, -0.2) is 0 Å². The zero-order valence-corrected chi connectivity index (χ0v) is 16.5. The zero-order chi connectivity index (χ0) is 19.4. The van der Waals surface area contributed by atoms with Crippen LogP contribution in [0.4, 0.5) is 0 Å². The molecule has 3 aromatic rings. The van der Waals surface area contributed by atoms with E-state index in [1.165, 1.54) is 12.1 Å². The van der Waals surface area contributed by atoms with E-state index in [0.717, 1.165) is 5.56 Å². The van der Waals surface area contributed by atoms with Crippen molar-refractivity contribution in [3.05, 3.63) is 62.4 Å². The van der Waals surface area contributed by atoms with E-state index in [1.807, 2.05) is 0 Å². The van der Waals surface area contributed by atoms with Gasteiger partial charge < -0.3 is 14.6 Å². The summed E-state index contributed by atoms with van der Waals surface area (Å²) in [4.78, 5) is 16.1. The summed E-state index contributed by atoms with van der Waals surface area (Å²) < 4.78 is 10.4. The van der Waals surface area contributed by atoms with Gasteiger partial charge in [0.1, 0.15) is 5.75 Å². The molecule has 0 spiro atoms. The molecule has 27 heavy (non-hydrogen) atoms. The predicted molar refractivity (Wildman–Crippen MR) is 104 cm³/mol. The SMILES string of the molecule is O=C(COc1cc(Cl)c(Cl)cc1Cl)NCc1nc(-c2ccc(Cl)cc2)no1. The molecule has 0 radical (unpaired) electrons. The molecule has 0 bridgehead atoms. The Balaban J connectivity index is 1.52. The van der Waals surface area contributed by atoms with Crippen molar-refractivity contribution in [2.75, 3.05) is 6.61 Å². The molecule has 6 nitrogen and oxygen atoms in total. The Morgan fingerprint density at radius 2 is 1.74 bits per heavy atom. The van der Waals surface area contributed by atoms with Gasteiger partial charge in [0.25, 0.3) is 5.91 Å². The van der Waals surface area contributed by atoms with Gasteiger partial charge in [0.15, 0.2) is 6.61 Å². The first-order valence-electron chi connectivity index (χ1n) is 7.55. The highest BCUT2D eigenvalue weighted by Gasteiger charge is 2.12. The molecule has 3 rings (SSSR count). The lowest BCUT2D eigenvalue weighted by atomic mass is 10.2. The van der Waals surface area contributed by atoms with Crippen LogP contribution in [0.5, 0.6) is 5.75 Å². The van der Waals surface area contributed by atoms with Crippen molar-refractivity contribution in [3.63, 3.8) is 0 Å². The fourth-order valence-electron chi connectivity index (χ4n) is 2.03. The number of benzene rings is 2. The van der Waals surface area contributed by atoms with E-state index in [2.05, 4.69) is 15.5 Å². The molecule has 1 N–H and O–H groups in total. The third-order valence-corrected chi connectivity index (χ3v) is 4.61. The standard InChI is InChI=1S/C17H11Cl4N3O3/c18-10-3-1-9(2-4-10)17-23-16(27-24-17)7-22-15(25)8-26-14-6-12(20)11(19)5-13(14)21/h1-6H,7-8H2,(H,22,25). The second kappa shape index (κ2) is 8.80. The van der Waals surface area contributed by atoms with Gasteiger partial charge in [-0.1, -0.05) is 51.6 Å². The highest BCUT2D eigenvalue weighted by molar-refractivity contribution is 6.43. The van der Waals surface area contributed by atoms with E-state index in [0.29, 0.717) is 15.9 Å². The summed E-state index contributed by atoms with van der Waals surface area (Å²) in [5, 5.41) is 7.90. The number of carbonyl (C=O) groups excluding carboxylic acids is 1. The van der Waals surface area contributed by atoms with Gasteiger partial charge in [0.2, 0.25) is 11.7 Å². The second-order valence-corrected chi connectivity index (χ2v) is 6.94. The lowest BCUT2D eigenvalue weighted by Gasteiger charge is -2.09. The second-order valence-electron chi connectivity index (χ2n) is 5.28. The molecule has 0 aliphatic heterocycles. The van der Waals surface area contributed by atoms with Crippen LogP contribution in [0.25, 0.3) is 11.4 Å². The lowest BCUT2D eigenvalue weighted by Crippen LogP contribution is -2.28. The predicted octanol–water partition coefficient (Wildman–Crippen LogP) is 5.05. The number of nitrogens with one attached hydrogen (secondary N) is 1. The molecule has 0 atom stereocenters. The first-order valence-corrected chi connectivity index (χ1v) is 9.06. The van der Waals surface area contributed by atoms with Gasteiger partial charge in [-0.2, -0.15) is 4.98 Å². The van der Waals surface area contributed by atoms with Gasteiger partial charge in [0.05, 0.1) is 21.6 Å². The normalized spacial score (nSPS) is 10.7. The highest BCUT2D eigenvalue weighted by atomic mass is 35.5. The third kappa shape index (κ3) is 5.26. The number of ether oxygens (including phenoxy) is 1. The number of rotatable bonds is 6. The van der Waals surface area contributed by atoms with Gasteiger partial charge in [-0.3, -0.25) is 4.79 Å². The van der Waals surface area contributed by atoms with E-state index < -0.39 is 5.91 Å². The zero-order valence-electron chi connectivity index (χ0n) is 13.5. The van der Waals surface area contributed by atoms with Crippen LogP contribution in [0.2, 0.25) is 20.1 Å². The van der Waals surface area contributed by atoms with E-state index in [4.69, 9.17) is 55.7 Å². The van der Waals surface area contributed by atoms with Gasteiger partial charge in [-0.15, -0.1) is 0 Å². The van der Waals surface area contributed by atoms with Gasteiger partial charge in [-0.05, 0) is 30.3 Å². The van der Waals surface area contributed by atoms with Crippen molar-refractivity contribution in [1.29, 1.82) is 0 Å². The molecule has 1 amide bonds. The van der Waals surface area contributed by atoms with Crippen LogP contribution in [0, 0.1) is 0 Å². The van der Waals surface area contributed by atoms with Crippen molar-refractivity contribution in [3.8, 4) is 17.1 Å². The molecule has 10 heteroatoms. The average molecular weight is 447 g/mol. The van der Waals surface area contributed by atoms with Crippen molar-refractivity contribution < 1.29 is 14.1 Å². The monoisotopic (exact) mass is 445 g/mol. The topological polar surface area (TPSA) is 77.2 Å². The Kier molecular flexibility index (Phi) is 6.44. The summed E-state index contributed by atoms with van der Waals surface area (Å²) in [5.41, 5.74) is 0.748. The Morgan fingerprint density at radius 3 is 2.48 bits per heavy atom. The van der Waals surface area contributed by atoms with E-state index in [-0.39, 0.29) is 34.8 Å². The van der Waals surface area contributed by atoms with E-state index >= 15 is 0 Å². The molecule has 1 aromatic heterocycles. The quantitative estimate of drug-likeness (QED) is 0.536. The Bertz CT molecular complexity index is 961. The van der Waals surface area contributed by atoms with Crippen LogP contribution < -0.4 is 10.1 Å². The van der Waals surface area contributed by atoms with Crippen molar-refractivity contribution in [2.45, 2.75) is 6.54 Å². The molecule has 0 saturated carbocycles. The summed E-state index contributed by atoms with van der Waals surface area (Å²) in [6.07, 6.45) is 0. The number of halogens is 4. The minimum atomic E-state index is -0.400. The molecule has 0 aliphatic carbocycles. The van der Waals surface area contributed by atoms with Crippen LogP contribution in [-0.4, -0.2) is 22.7 Å². The molecule has 0 fully saturated rings. The third-order valence-electron chi connectivity index (χ3n) is 3.34. The van der Waals surface area contributed by atoms with Crippen LogP contribution in [0.15, 0.2) is 40.9 Å². The summed E-state index contributed by atoms with van der Waals surface area (Å²) in [6, 6.07) is 9.86. The maximum atomic E-state index is 11.9. The minimum absolute atomic E-state index is 0.0535. The molecule has 0 aliphatic rings. The van der Waals surface area contributed by atoms with Gasteiger partial charge >= 0.3 is 0 Å². The molecule has 140 valence electrons. The Morgan fingerprint density at radius 1 is 1.04 bits per heavy atom. The van der Waals surface area contributed by atoms with Gasteiger partial charge in [0, 0.05) is 16.7 Å². The van der Waals surface area contributed by atoms with Crippen molar-refractivity contribution >= 4 is 52.3 Å². The summed E-state index contributed by atoms with van der Waals surface area (Å²) in [7, 11) is 0. The number of nitrogens with zero attached hydrogens (tertiary/aromatic N) is 2. The fraction of sp³-hybridized carbons (Fsp3) is 0.118. The number of aromatic nitrogens is 2. The molecule has 2 aromatic carbocycles. The molecule has 0 saturated heterocycles. The minimum Gasteiger partial charge on any atom is -0.482 e. The molecular formula is C17H11Cl4N3O3. The molecule has 1 heterocycles. The van der Waals surface area contributed by atoms with Crippen LogP contribution in [0.3, 0.4) is 0 Å². The first-order chi connectivity index (χ1) is 12.9. The fourth-order valence-corrected chi connectivity index (χ4v) is 2.74. The molecular weight excluding hydrogens is 436 g/mol. The first kappa shape index (κ1) is 19.8. The Hall–Kier alpha value is -1.99. The number of carbonyl (C=O) groups is 1. The van der Waals surface area contributed by atoms with E-state index in [1.54, 1.807) is 24.3 Å². The average Bonchev–Trinajstić information content (AvgIpc) is 3.11. The van der Waals surface area contributed by atoms with Crippen LogP contribution in [0.1, 0.15) is 5.89 Å². The maximum absolute atomic E-state index is 11.9. The van der Waals surface area contributed by atoms with Crippen molar-refractivity contribution in [2.24, 2.45) is 0 Å². The van der Waals surface area contributed by atoms with Crippen molar-refractivity contribution in [1.82, 2.24) is 15.5 Å². The Labute approximate surface area is 174 Å². The largest absolute Gasteiger partial charge is 0.482 e. The number of hydrogen-bond donors (Lipinski definition) is 1.